The molecule has 0 fully saturated rings. The van der Waals surface area contributed by atoms with Crippen molar-refractivity contribution < 1.29 is 4.79 Å². The van der Waals surface area contributed by atoms with Crippen molar-refractivity contribution in [3.8, 4) is 0 Å². The van der Waals surface area contributed by atoms with Gasteiger partial charge in [0.2, 0.25) is 5.91 Å². The zero-order valence-electron chi connectivity index (χ0n) is 9.86. The molecule has 1 amide bonds. The molecule has 1 unspecified atom stereocenters. The molecule has 2 aromatic heterocycles. The number of amides is 1. The molecule has 1 atom stereocenters. The van der Waals surface area contributed by atoms with Crippen LogP contribution in [0.15, 0.2) is 23.7 Å². The molecule has 17 heavy (non-hydrogen) atoms. The first-order chi connectivity index (χ1) is 8.22. The Morgan fingerprint density at radius 3 is 3.12 bits per heavy atom. The highest BCUT2D eigenvalue weighted by Crippen LogP contribution is 2.25. The van der Waals surface area contributed by atoms with Gasteiger partial charge >= 0.3 is 0 Å². The molecule has 0 aliphatic carbocycles. The summed E-state index contributed by atoms with van der Waals surface area (Å²) in [6, 6.07) is 3.70. The molecule has 0 aliphatic rings. The summed E-state index contributed by atoms with van der Waals surface area (Å²) < 4.78 is 1.17. The maximum absolute atomic E-state index is 11.6. The van der Waals surface area contributed by atoms with Gasteiger partial charge in [-0.1, -0.05) is 0 Å². The molecule has 0 aliphatic heterocycles. The summed E-state index contributed by atoms with van der Waals surface area (Å²) in [5.74, 6) is 0.754. The Balaban J connectivity index is 2.18. The number of carbonyl (C=O) groups is 1. The van der Waals surface area contributed by atoms with E-state index in [1.54, 1.807) is 17.5 Å². The van der Waals surface area contributed by atoms with Crippen LogP contribution in [0.1, 0.15) is 13.8 Å². The highest BCUT2D eigenvalue weighted by Gasteiger charge is 2.13. The Morgan fingerprint density at radius 2 is 2.35 bits per heavy atom. The Morgan fingerprint density at radius 1 is 1.53 bits per heavy atom. The summed E-state index contributed by atoms with van der Waals surface area (Å²) in [5, 5.41) is 9.01. The van der Waals surface area contributed by atoms with Crippen molar-refractivity contribution >= 4 is 33.1 Å². The number of hydrogen-bond donors (Lipinski definition) is 2. The molecule has 4 nitrogen and oxygen atoms in total. The Hall–Kier alpha value is -1.62. The normalized spacial score (nSPS) is 12.4. The van der Waals surface area contributed by atoms with Gasteiger partial charge in [-0.2, -0.15) is 0 Å². The van der Waals surface area contributed by atoms with Crippen LogP contribution < -0.4 is 10.6 Å². The van der Waals surface area contributed by atoms with Gasteiger partial charge in [0.05, 0.1) is 0 Å². The number of nitrogens with one attached hydrogen (secondary N) is 2. The number of aromatic nitrogens is 1. The van der Waals surface area contributed by atoms with E-state index in [9.17, 15) is 4.79 Å². The van der Waals surface area contributed by atoms with E-state index in [-0.39, 0.29) is 11.9 Å². The van der Waals surface area contributed by atoms with Crippen LogP contribution >= 0.6 is 11.3 Å². The molecule has 2 aromatic rings. The fraction of sp³-hybridized carbons (Fsp3) is 0.333. The van der Waals surface area contributed by atoms with Crippen molar-refractivity contribution in [2.24, 2.45) is 0 Å². The van der Waals surface area contributed by atoms with Crippen LogP contribution in [-0.4, -0.2) is 23.5 Å². The maximum Gasteiger partial charge on any atom is 0.242 e. The molecule has 90 valence electrons. The van der Waals surface area contributed by atoms with Gasteiger partial charge in [-0.15, -0.1) is 11.3 Å². The standard InChI is InChI=1S/C12H15N3OS/c1-3-13-12(16)8(2)15-11-9-5-7-17-10(9)4-6-14-11/h4-8H,3H2,1-2H3,(H,13,16)(H,14,15). The first-order valence-electron chi connectivity index (χ1n) is 5.59. The fourth-order valence-electron chi connectivity index (χ4n) is 1.61. The summed E-state index contributed by atoms with van der Waals surface area (Å²) in [7, 11) is 0. The minimum Gasteiger partial charge on any atom is -0.358 e. The average molecular weight is 249 g/mol. The van der Waals surface area contributed by atoms with Crippen molar-refractivity contribution in [1.82, 2.24) is 10.3 Å². The van der Waals surface area contributed by atoms with Crippen LogP contribution in [0.3, 0.4) is 0 Å². The van der Waals surface area contributed by atoms with Gasteiger partial charge in [0.25, 0.3) is 0 Å². The van der Waals surface area contributed by atoms with Crippen LogP contribution in [0.5, 0.6) is 0 Å². The molecular formula is C12H15N3OS. The lowest BCUT2D eigenvalue weighted by Gasteiger charge is -2.14. The van der Waals surface area contributed by atoms with Crippen LogP contribution in [-0.2, 0) is 4.79 Å². The predicted octanol–water partition coefficient (Wildman–Crippen LogP) is 2.23. The number of anilines is 1. The molecule has 0 saturated heterocycles. The number of hydrogen-bond acceptors (Lipinski definition) is 4. The van der Waals surface area contributed by atoms with Crippen molar-refractivity contribution in [3.63, 3.8) is 0 Å². The maximum atomic E-state index is 11.6. The number of thiophene rings is 1. The van der Waals surface area contributed by atoms with E-state index in [0.29, 0.717) is 6.54 Å². The highest BCUT2D eigenvalue weighted by molar-refractivity contribution is 7.17. The second kappa shape index (κ2) is 5.14. The van der Waals surface area contributed by atoms with Crippen LogP contribution in [0.2, 0.25) is 0 Å². The highest BCUT2D eigenvalue weighted by atomic mass is 32.1. The molecule has 0 radical (unpaired) electrons. The lowest BCUT2D eigenvalue weighted by Crippen LogP contribution is -2.37. The molecule has 2 rings (SSSR count). The van der Waals surface area contributed by atoms with Gasteiger partial charge in [0, 0.05) is 22.8 Å². The minimum atomic E-state index is -0.284. The van der Waals surface area contributed by atoms with E-state index in [2.05, 4.69) is 15.6 Å². The number of nitrogens with zero attached hydrogens (tertiary/aromatic N) is 1. The van der Waals surface area contributed by atoms with Crippen LogP contribution in [0.25, 0.3) is 10.1 Å². The summed E-state index contributed by atoms with van der Waals surface area (Å²) in [4.78, 5) is 15.9. The van der Waals surface area contributed by atoms with Gasteiger partial charge < -0.3 is 10.6 Å². The third kappa shape index (κ3) is 2.55. The number of likely N-dealkylation sites (N-methyl/N-ethyl adjacent to an activating group) is 1. The van der Waals surface area contributed by atoms with Crippen molar-refractivity contribution in [1.29, 1.82) is 0 Å². The van der Waals surface area contributed by atoms with Crippen LogP contribution in [0, 0.1) is 0 Å². The fourth-order valence-corrected chi connectivity index (χ4v) is 2.39. The van der Waals surface area contributed by atoms with Gasteiger partial charge in [-0.3, -0.25) is 4.79 Å². The van der Waals surface area contributed by atoms with Gasteiger partial charge in [0.15, 0.2) is 0 Å². The lowest BCUT2D eigenvalue weighted by atomic mass is 10.2. The van der Waals surface area contributed by atoms with E-state index < -0.39 is 0 Å². The van der Waals surface area contributed by atoms with E-state index in [1.165, 1.54) is 4.70 Å². The molecule has 0 spiro atoms. The number of carbonyl (C=O) groups excluding carboxylic acids is 1. The van der Waals surface area contributed by atoms with Gasteiger partial charge in [-0.05, 0) is 31.4 Å². The van der Waals surface area contributed by atoms with Gasteiger partial charge in [0.1, 0.15) is 11.9 Å². The quantitative estimate of drug-likeness (QED) is 0.873. The topological polar surface area (TPSA) is 54.0 Å². The molecular weight excluding hydrogens is 234 g/mol. The van der Waals surface area contributed by atoms with Crippen molar-refractivity contribution in [3.05, 3.63) is 23.7 Å². The Bertz CT molecular complexity index is 523. The Labute approximate surface area is 104 Å². The smallest absolute Gasteiger partial charge is 0.242 e. The molecule has 2 N–H and O–H groups in total. The average Bonchev–Trinajstić information content (AvgIpc) is 2.78. The minimum absolute atomic E-state index is 0.0125. The number of fused-ring (bicyclic) bond motifs is 1. The largest absolute Gasteiger partial charge is 0.358 e. The SMILES string of the molecule is CCNC(=O)C(C)Nc1nccc2sccc12. The number of rotatable bonds is 4. The summed E-state index contributed by atoms with van der Waals surface area (Å²) >= 11 is 1.67. The monoisotopic (exact) mass is 249 g/mol. The zero-order chi connectivity index (χ0) is 12.3. The first kappa shape index (κ1) is 11.9. The van der Waals surface area contributed by atoms with E-state index in [0.717, 1.165) is 11.2 Å². The lowest BCUT2D eigenvalue weighted by molar-refractivity contribution is -0.121. The van der Waals surface area contributed by atoms with Crippen molar-refractivity contribution in [2.45, 2.75) is 19.9 Å². The van der Waals surface area contributed by atoms with Crippen molar-refractivity contribution in [2.75, 3.05) is 11.9 Å². The second-order valence-electron chi connectivity index (χ2n) is 3.75. The predicted molar refractivity (Wildman–Crippen MR) is 71.4 cm³/mol. The molecule has 0 bridgehead atoms. The Kier molecular flexibility index (Phi) is 3.58. The molecule has 2 heterocycles. The third-order valence-electron chi connectivity index (χ3n) is 2.48. The summed E-state index contributed by atoms with van der Waals surface area (Å²) in [5.41, 5.74) is 0. The molecule has 5 heteroatoms. The summed E-state index contributed by atoms with van der Waals surface area (Å²) in [6.07, 6.45) is 1.76. The third-order valence-corrected chi connectivity index (χ3v) is 3.36. The van der Waals surface area contributed by atoms with Gasteiger partial charge in [-0.25, -0.2) is 4.98 Å². The van der Waals surface area contributed by atoms with Crippen LogP contribution in [0.4, 0.5) is 5.82 Å². The molecule has 0 aromatic carbocycles. The second-order valence-corrected chi connectivity index (χ2v) is 4.70. The first-order valence-corrected chi connectivity index (χ1v) is 6.46. The van der Waals surface area contributed by atoms with E-state index in [4.69, 9.17) is 0 Å². The van der Waals surface area contributed by atoms with E-state index >= 15 is 0 Å². The molecule has 0 saturated carbocycles. The zero-order valence-corrected chi connectivity index (χ0v) is 10.7. The van der Waals surface area contributed by atoms with E-state index in [1.807, 2.05) is 31.4 Å². The summed E-state index contributed by atoms with van der Waals surface area (Å²) in [6.45, 7) is 4.38. The number of pyridine rings is 1.